The van der Waals surface area contributed by atoms with E-state index in [1.807, 2.05) is 31.7 Å². The second-order valence-electron chi connectivity index (χ2n) is 7.17. The fourth-order valence-corrected chi connectivity index (χ4v) is 3.89. The predicted molar refractivity (Wildman–Crippen MR) is 106 cm³/mol. The zero-order chi connectivity index (χ0) is 18.6. The Morgan fingerprint density at radius 1 is 1.15 bits per heavy atom. The number of imidazole rings is 1. The van der Waals surface area contributed by atoms with Crippen LogP contribution in [-0.2, 0) is 13.0 Å². The van der Waals surface area contributed by atoms with Crippen LogP contribution in [0.1, 0.15) is 48.5 Å². The number of pyridine rings is 1. The third-order valence-electron chi connectivity index (χ3n) is 5.28. The number of rotatable bonds is 5. The van der Waals surface area contributed by atoms with Crippen LogP contribution >= 0.6 is 0 Å². The topological polar surface area (TPSA) is 59.7 Å². The molecule has 1 aliphatic rings. The monoisotopic (exact) mass is 362 g/mol. The quantitative estimate of drug-likeness (QED) is 0.696. The molecule has 1 aliphatic heterocycles. The number of aromatic nitrogens is 5. The molecule has 140 valence electrons. The van der Waals surface area contributed by atoms with Crippen molar-refractivity contribution < 1.29 is 0 Å². The average molecular weight is 362 g/mol. The van der Waals surface area contributed by atoms with Gasteiger partial charge < -0.3 is 9.47 Å². The van der Waals surface area contributed by atoms with E-state index in [9.17, 15) is 0 Å². The van der Waals surface area contributed by atoms with Gasteiger partial charge in [-0.2, -0.15) is 0 Å². The maximum Gasteiger partial charge on any atom is 0.135 e. The van der Waals surface area contributed by atoms with Crippen LogP contribution in [0.3, 0.4) is 0 Å². The third kappa shape index (κ3) is 3.84. The number of hydrogen-bond acceptors (Lipinski definition) is 5. The molecule has 0 bridgehead atoms. The summed E-state index contributed by atoms with van der Waals surface area (Å²) in [7, 11) is 0. The normalized spacial score (nSPS) is 17.3. The minimum atomic E-state index is 0.413. The van der Waals surface area contributed by atoms with Gasteiger partial charge in [0.25, 0.3) is 0 Å². The largest absolute Gasteiger partial charge is 0.356 e. The third-order valence-corrected chi connectivity index (χ3v) is 5.28. The zero-order valence-corrected chi connectivity index (χ0v) is 16.0. The molecule has 4 rings (SSSR count). The maximum absolute atomic E-state index is 4.75. The molecular weight excluding hydrogens is 336 g/mol. The minimum Gasteiger partial charge on any atom is -0.356 e. The van der Waals surface area contributed by atoms with E-state index in [1.54, 1.807) is 0 Å². The first-order valence-electron chi connectivity index (χ1n) is 9.72. The van der Waals surface area contributed by atoms with Crippen LogP contribution in [0.4, 0.5) is 5.82 Å². The summed E-state index contributed by atoms with van der Waals surface area (Å²) in [5, 5.41) is 0. The summed E-state index contributed by atoms with van der Waals surface area (Å²) >= 11 is 0. The summed E-state index contributed by atoms with van der Waals surface area (Å²) in [6.07, 6.45) is 12.9. The van der Waals surface area contributed by atoms with Gasteiger partial charge in [0.15, 0.2) is 0 Å². The van der Waals surface area contributed by atoms with Gasteiger partial charge in [0.1, 0.15) is 17.5 Å². The molecule has 1 atom stereocenters. The van der Waals surface area contributed by atoms with Gasteiger partial charge in [-0.3, -0.25) is 4.98 Å². The molecule has 0 amide bonds. The van der Waals surface area contributed by atoms with E-state index in [-0.39, 0.29) is 0 Å². The van der Waals surface area contributed by atoms with Crippen LogP contribution in [0.2, 0.25) is 0 Å². The van der Waals surface area contributed by atoms with Crippen LogP contribution in [-0.4, -0.2) is 37.6 Å². The van der Waals surface area contributed by atoms with Crippen molar-refractivity contribution in [2.75, 3.05) is 18.0 Å². The Bertz CT molecular complexity index is 889. The Labute approximate surface area is 160 Å². The summed E-state index contributed by atoms with van der Waals surface area (Å²) in [6, 6.07) is 4.13. The molecule has 6 heteroatoms. The first-order chi connectivity index (χ1) is 13.2. The number of anilines is 1. The lowest BCUT2D eigenvalue weighted by atomic mass is 9.96. The van der Waals surface area contributed by atoms with Crippen LogP contribution in [0, 0.1) is 6.92 Å². The van der Waals surface area contributed by atoms with Gasteiger partial charge in [-0.1, -0.05) is 6.92 Å². The van der Waals surface area contributed by atoms with Crippen LogP contribution in [0.15, 0.2) is 43.1 Å². The summed E-state index contributed by atoms with van der Waals surface area (Å²) in [4.78, 5) is 20.4. The molecule has 0 saturated carbocycles. The molecule has 1 saturated heterocycles. The number of piperidine rings is 1. The molecule has 4 heterocycles. The van der Waals surface area contributed by atoms with Gasteiger partial charge in [-0.15, -0.1) is 0 Å². The Morgan fingerprint density at radius 2 is 2.00 bits per heavy atom. The Hall–Kier alpha value is -2.76. The van der Waals surface area contributed by atoms with E-state index >= 15 is 0 Å². The summed E-state index contributed by atoms with van der Waals surface area (Å²) in [6.45, 7) is 6.97. The van der Waals surface area contributed by atoms with E-state index < -0.39 is 0 Å². The smallest absolute Gasteiger partial charge is 0.135 e. The van der Waals surface area contributed by atoms with Crippen molar-refractivity contribution in [3.05, 3.63) is 65.9 Å². The van der Waals surface area contributed by atoms with Crippen molar-refractivity contribution >= 4 is 5.82 Å². The van der Waals surface area contributed by atoms with E-state index in [2.05, 4.69) is 44.7 Å². The number of nitrogens with zero attached hydrogens (tertiary/aromatic N) is 6. The SMILES string of the molecule is CCc1cnc(C)nc1N1CCC[C@H](c2nccn2Cc2ccncc2)C1. The van der Waals surface area contributed by atoms with Crippen LogP contribution in [0.25, 0.3) is 0 Å². The molecule has 0 aliphatic carbocycles. The van der Waals surface area contributed by atoms with Crippen molar-refractivity contribution in [2.24, 2.45) is 0 Å². The molecule has 0 N–H and O–H groups in total. The van der Waals surface area contributed by atoms with Gasteiger partial charge in [0, 0.05) is 62.1 Å². The molecule has 0 unspecified atom stereocenters. The Kier molecular flexibility index (Phi) is 5.14. The molecule has 3 aromatic heterocycles. The fraction of sp³-hybridized carbons (Fsp3) is 0.429. The van der Waals surface area contributed by atoms with Gasteiger partial charge in [0.2, 0.25) is 0 Å². The molecule has 27 heavy (non-hydrogen) atoms. The lowest BCUT2D eigenvalue weighted by Crippen LogP contribution is -2.36. The summed E-state index contributed by atoms with van der Waals surface area (Å²) in [5.41, 5.74) is 2.47. The van der Waals surface area contributed by atoms with Crippen LogP contribution in [0.5, 0.6) is 0 Å². The molecule has 1 fully saturated rings. The molecular formula is C21H26N6. The van der Waals surface area contributed by atoms with E-state index in [4.69, 9.17) is 9.97 Å². The average Bonchev–Trinajstić information content (AvgIpc) is 3.17. The lowest BCUT2D eigenvalue weighted by Gasteiger charge is -2.34. The first kappa shape index (κ1) is 17.6. The molecule has 0 spiro atoms. The molecule has 3 aromatic rings. The Balaban J connectivity index is 1.56. The lowest BCUT2D eigenvalue weighted by molar-refractivity contribution is 0.473. The van der Waals surface area contributed by atoms with Crippen molar-refractivity contribution in [3.8, 4) is 0 Å². The molecule has 6 nitrogen and oxygen atoms in total. The molecule has 0 radical (unpaired) electrons. The van der Waals surface area contributed by atoms with E-state index in [1.165, 1.54) is 17.0 Å². The van der Waals surface area contributed by atoms with E-state index in [0.717, 1.165) is 50.5 Å². The van der Waals surface area contributed by atoms with Crippen molar-refractivity contribution in [1.82, 2.24) is 24.5 Å². The fourth-order valence-electron chi connectivity index (χ4n) is 3.89. The van der Waals surface area contributed by atoms with Gasteiger partial charge in [-0.05, 0) is 43.9 Å². The van der Waals surface area contributed by atoms with Gasteiger partial charge in [-0.25, -0.2) is 15.0 Å². The van der Waals surface area contributed by atoms with Crippen molar-refractivity contribution in [2.45, 2.75) is 45.6 Å². The molecule has 0 aromatic carbocycles. The van der Waals surface area contributed by atoms with Crippen molar-refractivity contribution in [3.63, 3.8) is 0 Å². The highest BCUT2D eigenvalue weighted by molar-refractivity contribution is 5.47. The first-order valence-corrected chi connectivity index (χ1v) is 9.72. The summed E-state index contributed by atoms with van der Waals surface area (Å²) < 4.78 is 2.27. The van der Waals surface area contributed by atoms with Crippen LogP contribution < -0.4 is 4.90 Å². The van der Waals surface area contributed by atoms with Crippen molar-refractivity contribution in [1.29, 1.82) is 0 Å². The standard InChI is InChI=1S/C21H26N6/c1-3-18-13-24-16(2)25-21(18)26-11-4-5-19(15-26)20-23-10-12-27(20)14-17-6-8-22-9-7-17/h6-10,12-13,19H,3-5,11,14-15H2,1-2H3/t19-/m0/s1. The highest BCUT2D eigenvalue weighted by Crippen LogP contribution is 2.30. The highest BCUT2D eigenvalue weighted by atomic mass is 15.2. The second kappa shape index (κ2) is 7.86. The summed E-state index contributed by atoms with van der Waals surface area (Å²) in [5.74, 6) is 3.52. The second-order valence-corrected chi connectivity index (χ2v) is 7.17. The van der Waals surface area contributed by atoms with Gasteiger partial charge >= 0.3 is 0 Å². The van der Waals surface area contributed by atoms with E-state index in [0.29, 0.717) is 5.92 Å². The predicted octanol–water partition coefficient (Wildman–Crippen LogP) is 3.37. The zero-order valence-electron chi connectivity index (χ0n) is 16.0. The Morgan fingerprint density at radius 3 is 2.81 bits per heavy atom. The van der Waals surface area contributed by atoms with Gasteiger partial charge in [0.05, 0.1) is 0 Å². The highest BCUT2D eigenvalue weighted by Gasteiger charge is 2.26. The number of hydrogen-bond donors (Lipinski definition) is 0. The minimum absolute atomic E-state index is 0.413. The maximum atomic E-state index is 4.75. The number of aryl methyl sites for hydroxylation is 2.